The second-order valence-electron chi connectivity index (χ2n) is 13.0. The third-order valence-electron chi connectivity index (χ3n) is 10.3. The molecule has 0 fully saturated rings. The molecule has 7 rings (SSSR count). The molecule has 0 aromatic heterocycles. The molecule has 0 aliphatic rings. The topological polar surface area (TPSA) is 0 Å². The lowest BCUT2D eigenvalue weighted by atomic mass is 9.79. The van der Waals surface area contributed by atoms with Gasteiger partial charge in [-0.1, -0.05) is 146 Å². The third-order valence-corrected chi connectivity index (χ3v) is 10.3. The minimum absolute atomic E-state index is 1.24. The lowest BCUT2D eigenvalue weighted by molar-refractivity contribution is 1.29. The maximum absolute atomic E-state index is 2.34. The molecule has 0 heterocycles. The van der Waals surface area contributed by atoms with Crippen molar-refractivity contribution in [3.05, 3.63) is 179 Å². The lowest BCUT2D eigenvalue weighted by Crippen LogP contribution is -2.01. The summed E-state index contributed by atoms with van der Waals surface area (Å²) >= 11 is 0. The van der Waals surface area contributed by atoms with Crippen molar-refractivity contribution in [2.75, 3.05) is 0 Å². The zero-order chi connectivity index (χ0) is 33.4. The van der Waals surface area contributed by atoms with Gasteiger partial charge in [-0.3, -0.25) is 0 Å². The molecule has 0 saturated carbocycles. The van der Waals surface area contributed by atoms with Crippen molar-refractivity contribution in [3.63, 3.8) is 0 Å². The summed E-state index contributed by atoms with van der Waals surface area (Å²) < 4.78 is 0. The predicted octanol–water partition coefficient (Wildman–Crippen LogP) is 13.5. The predicted molar refractivity (Wildman–Crippen MR) is 207 cm³/mol. The van der Waals surface area contributed by atoms with E-state index in [9.17, 15) is 0 Å². The summed E-state index contributed by atoms with van der Waals surface area (Å²) in [6, 6.07) is 52.9. The van der Waals surface area contributed by atoms with Crippen LogP contribution in [0.15, 0.2) is 146 Å². The van der Waals surface area contributed by atoms with Gasteiger partial charge in [0.25, 0.3) is 0 Å². The zero-order valence-electron chi connectivity index (χ0n) is 28.9. The summed E-state index contributed by atoms with van der Waals surface area (Å²) in [6.07, 6.45) is 0. The van der Waals surface area contributed by atoms with Crippen molar-refractivity contribution in [2.45, 2.75) is 41.5 Å². The minimum Gasteiger partial charge on any atom is -0.0622 e. The van der Waals surface area contributed by atoms with Crippen LogP contribution >= 0.6 is 0 Å². The van der Waals surface area contributed by atoms with Gasteiger partial charge in [0.05, 0.1) is 0 Å². The highest BCUT2D eigenvalue weighted by molar-refractivity contribution is 5.97. The van der Waals surface area contributed by atoms with Crippen molar-refractivity contribution in [3.8, 4) is 66.8 Å². The Labute approximate surface area is 286 Å². The molecule has 0 atom stereocenters. The van der Waals surface area contributed by atoms with E-state index in [1.165, 1.54) is 100 Å². The Bertz CT molecular complexity index is 2060. The molecule has 0 spiro atoms. The molecule has 0 aliphatic heterocycles. The highest BCUT2D eigenvalue weighted by atomic mass is 14.3. The Hall–Kier alpha value is -5.46. The Kier molecular flexibility index (Phi) is 8.42. The third kappa shape index (κ3) is 5.38. The number of benzene rings is 7. The van der Waals surface area contributed by atoms with Gasteiger partial charge in [-0.05, 0) is 142 Å². The van der Waals surface area contributed by atoms with Gasteiger partial charge < -0.3 is 0 Å². The highest BCUT2D eigenvalue weighted by Gasteiger charge is 2.23. The van der Waals surface area contributed by atoms with Gasteiger partial charge in [-0.15, -0.1) is 0 Å². The monoisotopic (exact) mass is 618 g/mol. The fraction of sp³-hybridized carbons (Fsp3) is 0.125. The molecule has 0 bridgehead atoms. The van der Waals surface area contributed by atoms with Crippen LogP contribution in [0.4, 0.5) is 0 Å². The molecular formula is C48H42. The van der Waals surface area contributed by atoms with E-state index in [-0.39, 0.29) is 0 Å². The quantitative estimate of drug-likeness (QED) is 0.174. The summed E-state index contributed by atoms with van der Waals surface area (Å²) in [4.78, 5) is 0. The van der Waals surface area contributed by atoms with E-state index in [0.717, 1.165) is 0 Å². The smallest absolute Gasteiger partial charge is 0.00671 e. The van der Waals surface area contributed by atoms with Crippen LogP contribution in [-0.4, -0.2) is 0 Å². The van der Waals surface area contributed by atoms with Crippen LogP contribution in [0.3, 0.4) is 0 Å². The lowest BCUT2D eigenvalue weighted by Gasteiger charge is -2.25. The maximum atomic E-state index is 2.34. The largest absolute Gasteiger partial charge is 0.0622 e. The standard InChI is InChI=1S/C48H42/c1-31-33(3)45(47(39-23-15-9-16-24-39)35(5)43(31)37-19-11-7-12-20-37)41-27-29-42(30-28-41)46-34(4)32(2)44(38-21-13-8-14-22-38)36(6)48(46)40-25-17-10-18-26-40/h7-30H,1-6H3. The maximum Gasteiger partial charge on any atom is -0.00671 e. The van der Waals surface area contributed by atoms with Crippen LogP contribution in [0, 0.1) is 41.5 Å². The summed E-state index contributed by atoms with van der Waals surface area (Å²) in [5.74, 6) is 0. The van der Waals surface area contributed by atoms with Crippen LogP contribution in [0.1, 0.15) is 33.4 Å². The molecule has 7 aromatic carbocycles. The molecule has 0 radical (unpaired) electrons. The van der Waals surface area contributed by atoms with Crippen LogP contribution in [0.25, 0.3) is 66.8 Å². The molecule has 0 nitrogen and oxygen atoms in total. The summed E-state index contributed by atoms with van der Waals surface area (Å²) in [6.45, 7) is 13.8. The molecule has 7 aromatic rings. The zero-order valence-corrected chi connectivity index (χ0v) is 28.9. The second-order valence-corrected chi connectivity index (χ2v) is 13.0. The van der Waals surface area contributed by atoms with E-state index in [2.05, 4.69) is 187 Å². The SMILES string of the molecule is Cc1c(C)c(-c2ccc(-c3c(C)c(C)c(-c4ccccc4)c(C)c3-c3ccccc3)cc2)c(-c2ccccc2)c(C)c1-c1ccccc1. The Morgan fingerprint density at radius 1 is 0.188 bits per heavy atom. The Morgan fingerprint density at radius 3 is 0.646 bits per heavy atom. The molecule has 234 valence electrons. The number of hydrogen-bond donors (Lipinski definition) is 0. The average Bonchev–Trinajstić information content (AvgIpc) is 3.13. The van der Waals surface area contributed by atoms with Crippen LogP contribution in [0.2, 0.25) is 0 Å². The fourth-order valence-electron chi connectivity index (χ4n) is 7.84. The normalized spacial score (nSPS) is 11.1. The first kappa shape index (κ1) is 31.2. The Morgan fingerprint density at radius 2 is 0.375 bits per heavy atom. The van der Waals surface area contributed by atoms with Gasteiger partial charge in [-0.2, -0.15) is 0 Å². The van der Waals surface area contributed by atoms with Gasteiger partial charge >= 0.3 is 0 Å². The highest BCUT2D eigenvalue weighted by Crippen LogP contribution is 2.47. The second kappa shape index (κ2) is 13.0. The van der Waals surface area contributed by atoms with Crippen LogP contribution in [0.5, 0.6) is 0 Å². The van der Waals surface area contributed by atoms with Crippen molar-refractivity contribution in [1.29, 1.82) is 0 Å². The van der Waals surface area contributed by atoms with Gasteiger partial charge in [0, 0.05) is 0 Å². The molecule has 0 amide bonds. The first-order valence-corrected chi connectivity index (χ1v) is 17.0. The van der Waals surface area contributed by atoms with E-state index >= 15 is 0 Å². The molecule has 0 aliphatic carbocycles. The summed E-state index contributed by atoms with van der Waals surface area (Å²) in [5.41, 5.74) is 23.4. The minimum atomic E-state index is 1.24. The van der Waals surface area contributed by atoms with Crippen molar-refractivity contribution >= 4 is 0 Å². The molecule has 0 heteroatoms. The fourth-order valence-corrected chi connectivity index (χ4v) is 7.84. The average molecular weight is 619 g/mol. The van der Waals surface area contributed by atoms with Gasteiger partial charge in [0.2, 0.25) is 0 Å². The van der Waals surface area contributed by atoms with E-state index in [0.29, 0.717) is 0 Å². The van der Waals surface area contributed by atoms with Crippen molar-refractivity contribution in [2.24, 2.45) is 0 Å². The summed E-state index contributed by atoms with van der Waals surface area (Å²) in [5, 5.41) is 0. The number of hydrogen-bond acceptors (Lipinski definition) is 0. The first-order chi connectivity index (χ1) is 23.4. The molecule has 0 unspecified atom stereocenters. The van der Waals surface area contributed by atoms with E-state index in [1.54, 1.807) is 0 Å². The van der Waals surface area contributed by atoms with Crippen molar-refractivity contribution in [1.82, 2.24) is 0 Å². The molecular weight excluding hydrogens is 577 g/mol. The van der Waals surface area contributed by atoms with E-state index < -0.39 is 0 Å². The Balaban J connectivity index is 1.45. The number of rotatable bonds is 6. The molecule has 0 N–H and O–H groups in total. The molecule has 48 heavy (non-hydrogen) atoms. The van der Waals surface area contributed by atoms with E-state index in [1.807, 2.05) is 0 Å². The van der Waals surface area contributed by atoms with Gasteiger partial charge in [0.1, 0.15) is 0 Å². The van der Waals surface area contributed by atoms with Gasteiger partial charge in [-0.25, -0.2) is 0 Å². The van der Waals surface area contributed by atoms with Crippen LogP contribution < -0.4 is 0 Å². The van der Waals surface area contributed by atoms with Gasteiger partial charge in [0.15, 0.2) is 0 Å². The summed E-state index contributed by atoms with van der Waals surface area (Å²) in [7, 11) is 0. The van der Waals surface area contributed by atoms with Crippen LogP contribution in [-0.2, 0) is 0 Å². The first-order valence-electron chi connectivity index (χ1n) is 17.0. The molecule has 0 saturated heterocycles. The van der Waals surface area contributed by atoms with Crippen molar-refractivity contribution < 1.29 is 0 Å². The van der Waals surface area contributed by atoms with E-state index in [4.69, 9.17) is 0 Å².